The Bertz CT molecular complexity index is 8.00. The smallest absolute Gasteiger partial charge is 0.368 e. The molecule has 0 atom stereocenters. The lowest BCUT2D eigenvalue weighted by Gasteiger charge is -1.66. The van der Waals surface area contributed by atoms with Crippen molar-refractivity contribution in [2.75, 3.05) is 0 Å². The maximum Gasteiger partial charge on any atom is 0.389 e. The summed E-state index contributed by atoms with van der Waals surface area (Å²) in [6.45, 7) is 0. The molecule has 0 aliphatic heterocycles. The summed E-state index contributed by atoms with van der Waals surface area (Å²) in [7, 11) is 0. The van der Waals surface area contributed by atoms with E-state index in [4.69, 9.17) is 0 Å². The number of hydrogen-bond donors (Lipinski definition) is 0. The molecule has 4 heteroatoms. The van der Waals surface area contributed by atoms with Crippen molar-refractivity contribution >= 4 is 50.7 Å². The topological polar surface area (TPSA) is 9.23 Å². The Morgan fingerprint density at radius 1 is 1.75 bits per heavy atom. The Kier molecular flexibility index (Phi) is 6.15. The first-order chi connectivity index (χ1) is 1.91. The average Bonchev–Trinajstić information content (AvgIpc) is 1.37. The van der Waals surface area contributed by atoms with Gasteiger partial charge in [-0.3, -0.25) is 0 Å². The van der Waals surface area contributed by atoms with Crippen LogP contribution >= 0.6 is 45.4 Å². The summed E-state index contributed by atoms with van der Waals surface area (Å²) < 4.78 is 4.37. The Hall–Kier alpha value is 1.48. The van der Waals surface area contributed by atoms with Gasteiger partial charge in [-0.25, -0.2) is 0 Å². The third-order valence-electron chi connectivity index (χ3n) is 0.0337. The maximum atomic E-state index is 4.37. The second kappa shape index (κ2) is 4.48. The molecule has 0 amide bonds. The maximum absolute atomic E-state index is 4.37. The monoisotopic (exact) mass is 281 g/mol. The fraction of sp³-hybridized carbons (Fsp3) is 0. The zero-order valence-corrected chi connectivity index (χ0v) is 6.06. The quantitative estimate of drug-likeness (QED) is 0.520. The van der Waals surface area contributed by atoms with Crippen molar-refractivity contribution in [3.63, 3.8) is 0 Å². The van der Waals surface area contributed by atoms with E-state index in [0.29, 0.717) is 0 Å². The van der Waals surface area contributed by atoms with E-state index in [1.165, 1.54) is 0 Å². The van der Waals surface area contributed by atoms with Crippen LogP contribution in [0.25, 0.3) is 0 Å². The molecule has 1 radical (unpaired) electrons. The first-order valence-electron chi connectivity index (χ1n) is 0.608. The van der Waals surface area contributed by atoms with Gasteiger partial charge in [-0.1, -0.05) is 0 Å². The molecule has 0 unspecified atom stereocenters. The van der Waals surface area contributed by atoms with E-state index >= 15 is 0 Å². The van der Waals surface area contributed by atoms with Crippen molar-refractivity contribution < 1.29 is 2.98 Å². The average molecular weight is 281 g/mol. The Balaban J connectivity index is 1.97. The van der Waals surface area contributed by atoms with Crippen LogP contribution in [0.15, 0.2) is 0 Å². The van der Waals surface area contributed by atoms with Crippen molar-refractivity contribution in [2.24, 2.45) is 0 Å². The molecule has 0 saturated heterocycles. The van der Waals surface area contributed by atoms with Crippen LogP contribution in [0.3, 0.4) is 0 Å². The summed E-state index contributed by atoms with van der Waals surface area (Å²) >= 11 is 3.78. The minimum atomic E-state index is 1.58. The molecule has 0 spiro atoms. The lowest BCUT2D eigenvalue weighted by Crippen LogP contribution is -1.63. The highest BCUT2D eigenvalue weighted by molar-refractivity contribution is 14.1. The summed E-state index contributed by atoms with van der Waals surface area (Å²) in [6.07, 6.45) is 0. The molecule has 1 nitrogen and oxygen atoms in total. The largest absolute Gasteiger partial charge is 0.389 e. The zero-order valence-electron chi connectivity index (χ0n) is 1.74. The standard InChI is InChI=1S/BI2O/c2-1-4-3. The molecule has 0 aromatic heterocycles. The third-order valence-corrected chi connectivity index (χ3v) is 1.52. The van der Waals surface area contributed by atoms with Crippen LogP contribution in [-0.4, -0.2) is 5.34 Å². The van der Waals surface area contributed by atoms with E-state index in [0.717, 1.165) is 0 Å². The summed E-state index contributed by atoms with van der Waals surface area (Å²) in [6, 6.07) is 0. The highest BCUT2D eigenvalue weighted by atomic mass is 127. The van der Waals surface area contributed by atoms with Gasteiger partial charge in [0.2, 0.25) is 0 Å². The van der Waals surface area contributed by atoms with Gasteiger partial charge in [0.15, 0.2) is 0 Å². The minimum Gasteiger partial charge on any atom is -0.368 e. The van der Waals surface area contributed by atoms with Crippen LogP contribution in [-0.2, 0) is 2.98 Å². The second-order valence-corrected chi connectivity index (χ2v) is 1.20. The summed E-state index contributed by atoms with van der Waals surface area (Å²) in [4.78, 5) is 0. The molecule has 23 valence electrons. The molecule has 0 aliphatic carbocycles. The molecule has 0 N–H and O–H groups in total. The van der Waals surface area contributed by atoms with Gasteiger partial charge in [0.1, 0.15) is 0 Å². The first kappa shape index (κ1) is 5.48. The fourth-order valence-corrected chi connectivity index (χ4v) is 0. The fourth-order valence-electron chi connectivity index (χ4n) is 0. The predicted molar refractivity (Wildman–Crippen MR) is 34.9 cm³/mol. The van der Waals surface area contributed by atoms with Crippen molar-refractivity contribution in [1.29, 1.82) is 0 Å². The molecular formula is BI2O. The lowest BCUT2D eigenvalue weighted by atomic mass is 10.6. The normalized spacial score (nSPS) is 6.50. The van der Waals surface area contributed by atoms with Crippen molar-refractivity contribution in [2.45, 2.75) is 0 Å². The van der Waals surface area contributed by atoms with E-state index < -0.39 is 0 Å². The van der Waals surface area contributed by atoms with E-state index in [2.05, 4.69) is 2.98 Å². The van der Waals surface area contributed by atoms with E-state index in [-0.39, 0.29) is 0 Å². The van der Waals surface area contributed by atoms with Gasteiger partial charge in [0.25, 0.3) is 0 Å². The summed E-state index contributed by atoms with van der Waals surface area (Å²) in [5.74, 6) is 0. The van der Waals surface area contributed by atoms with Crippen LogP contribution in [0, 0.1) is 0 Å². The van der Waals surface area contributed by atoms with Crippen molar-refractivity contribution in [3.8, 4) is 0 Å². The van der Waals surface area contributed by atoms with E-state index in [1.54, 1.807) is 28.3 Å². The molecule has 0 heterocycles. The molecule has 4 heavy (non-hydrogen) atoms. The molecule has 0 rings (SSSR count). The number of rotatable bonds is 1. The van der Waals surface area contributed by atoms with Crippen molar-refractivity contribution in [1.82, 2.24) is 0 Å². The highest BCUT2D eigenvalue weighted by Crippen LogP contribution is 1.84. The molecule has 0 aromatic carbocycles. The second-order valence-electron chi connectivity index (χ2n) is 0.178. The molecule has 0 aromatic rings. The molecule has 0 bridgehead atoms. The number of halogens is 2. The third kappa shape index (κ3) is 3.48. The first-order valence-corrected chi connectivity index (χ1v) is 2.73. The molecule has 0 aliphatic rings. The Morgan fingerprint density at radius 3 is 2.00 bits per heavy atom. The Morgan fingerprint density at radius 2 is 2.00 bits per heavy atom. The van der Waals surface area contributed by atoms with Crippen molar-refractivity contribution in [3.05, 3.63) is 0 Å². The SMILES string of the molecule is I[B]OI. The summed E-state index contributed by atoms with van der Waals surface area (Å²) in [5, 5.41) is 1.58. The van der Waals surface area contributed by atoms with E-state index in [1.807, 2.05) is 22.4 Å². The van der Waals surface area contributed by atoms with Crippen LogP contribution < -0.4 is 0 Å². The van der Waals surface area contributed by atoms with Crippen LogP contribution in [0.2, 0.25) is 0 Å². The van der Waals surface area contributed by atoms with Gasteiger partial charge in [-0.05, 0) is 0 Å². The summed E-state index contributed by atoms with van der Waals surface area (Å²) in [5.41, 5.74) is 0. The van der Waals surface area contributed by atoms with Gasteiger partial charge in [0.05, 0.1) is 23.0 Å². The van der Waals surface area contributed by atoms with Gasteiger partial charge >= 0.3 is 5.34 Å². The lowest BCUT2D eigenvalue weighted by molar-refractivity contribution is 0.804. The van der Waals surface area contributed by atoms with Gasteiger partial charge in [-0.15, -0.1) is 22.4 Å². The van der Waals surface area contributed by atoms with Crippen LogP contribution in [0.1, 0.15) is 0 Å². The molecule has 0 fully saturated rings. The van der Waals surface area contributed by atoms with Crippen LogP contribution in [0.5, 0.6) is 0 Å². The van der Waals surface area contributed by atoms with Gasteiger partial charge < -0.3 is 2.98 Å². The zero-order chi connectivity index (χ0) is 3.41. The minimum absolute atomic E-state index is 1.58. The van der Waals surface area contributed by atoms with Crippen LogP contribution in [0.4, 0.5) is 0 Å². The van der Waals surface area contributed by atoms with Gasteiger partial charge in [-0.2, -0.15) is 0 Å². The molecular weight excluding hydrogens is 281 g/mol. The Labute approximate surface area is 53.3 Å². The van der Waals surface area contributed by atoms with Gasteiger partial charge in [0, 0.05) is 0 Å². The molecule has 0 saturated carbocycles. The predicted octanol–water partition coefficient (Wildman–Crippen LogP) is 1.32. The van der Waals surface area contributed by atoms with E-state index in [9.17, 15) is 0 Å². The number of hydrogen-bond acceptors (Lipinski definition) is 1. The highest BCUT2D eigenvalue weighted by Gasteiger charge is 1.67.